The lowest BCUT2D eigenvalue weighted by molar-refractivity contribution is -0.137. The van der Waals surface area contributed by atoms with Gasteiger partial charge in [-0.25, -0.2) is 0 Å². The van der Waals surface area contributed by atoms with Crippen LogP contribution in [0.2, 0.25) is 0 Å². The number of carbonyl (C=O) groups is 1. The summed E-state index contributed by atoms with van der Waals surface area (Å²) in [7, 11) is 1.44. The summed E-state index contributed by atoms with van der Waals surface area (Å²) in [4.78, 5) is 12.0. The van der Waals surface area contributed by atoms with Gasteiger partial charge in [0.1, 0.15) is 0 Å². The molecule has 1 aromatic carbocycles. The topological polar surface area (TPSA) is 64.3 Å². The molecule has 0 fully saturated rings. The molecule has 4 nitrogen and oxygen atoms in total. The van der Waals surface area contributed by atoms with Crippen LogP contribution in [-0.2, 0) is 10.9 Å². The first-order chi connectivity index (χ1) is 9.40. The molecule has 0 aliphatic rings. The van der Waals surface area contributed by atoms with Crippen LogP contribution in [0, 0.1) is 0 Å². The number of methoxy groups -OCH3 is 1. The summed E-state index contributed by atoms with van der Waals surface area (Å²) in [6.45, 7) is 0.492. The van der Waals surface area contributed by atoms with Gasteiger partial charge in [-0.1, -0.05) is 12.1 Å². The van der Waals surface area contributed by atoms with Crippen molar-refractivity contribution in [2.24, 2.45) is 5.73 Å². The van der Waals surface area contributed by atoms with Crippen molar-refractivity contribution in [3.05, 3.63) is 35.4 Å². The number of alkyl halides is 3. The van der Waals surface area contributed by atoms with Crippen molar-refractivity contribution in [3.63, 3.8) is 0 Å². The van der Waals surface area contributed by atoms with Gasteiger partial charge in [-0.05, 0) is 25.1 Å². The maximum Gasteiger partial charge on any atom is 0.417 e. The van der Waals surface area contributed by atoms with Crippen molar-refractivity contribution >= 4 is 5.91 Å². The molecule has 0 saturated heterocycles. The van der Waals surface area contributed by atoms with Crippen LogP contribution in [0.3, 0.4) is 0 Å². The standard InChI is InChI=1S/C13H17F3N2O2/c1-20-8-9(6-7-17)18-12(19)10-4-2-3-5-11(10)13(14,15)16/h2-5,9H,6-8,17H2,1H3,(H,18,19). The SMILES string of the molecule is COCC(CCN)NC(=O)c1ccccc1C(F)(F)F. The zero-order chi connectivity index (χ0) is 15.2. The molecule has 0 aliphatic heterocycles. The smallest absolute Gasteiger partial charge is 0.383 e. The third-order valence-electron chi connectivity index (χ3n) is 2.70. The van der Waals surface area contributed by atoms with E-state index in [-0.39, 0.29) is 6.61 Å². The van der Waals surface area contributed by atoms with Crippen LogP contribution in [0.15, 0.2) is 24.3 Å². The lowest BCUT2D eigenvalue weighted by atomic mass is 10.1. The number of halogens is 3. The largest absolute Gasteiger partial charge is 0.417 e. The van der Waals surface area contributed by atoms with Gasteiger partial charge in [-0.2, -0.15) is 13.2 Å². The second-order valence-electron chi connectivity index (χ2n) is 4.25. The van der Waals surface area contributed by atoms with Crippen molar-refractivity contribution < 1.29 is 22.7 Å². The molecule has 0 spiro atoms. The number of rotatable bonds is 6. The van der Waals surface area contributed by atoms with Gasteiger partial charge in [0.25, 0.3) is 5.91 Å². The Balaban J connectivity index is 2.92. The molecule has 1 rings (SSSR count). The van der Waals surface area contributed by atoms with Crippen LogP contribution in [0.1, 0.15) is 22.3 Å². The van der Waals surface area contributed by atoms with Gasteiger partial charge in [0, 0.05) is 7.11 Å². The van der Waals surface area contributed by atoms with Gasteiger partial charge in [-0.3, -0.25) is 4.79 Å². The lowest BCUT2D eigenvalue weighted by Gasteiger charge is -2.19. The zero-order valence-corrected chi connectivity index (χ0v) is 11.0. The number of amides is 1. The van der Waals surface area contributed by atoms with E-state index in [2.05, 4.69) is 5.32 Å². The van der Waals surface area contributed by atoms with Crippen LogP contribution in [0.5, 0.6) is 0 Å². The molecular weight excluding hydrogens is 273 g/mol. The van der Waals surface area contributed by atoms with Crippen molar-refractivity contribution in [2.45, 2.75) is 18.6 Å². The Labute approximate surface area is 115 Å². The molecule has 0 aromatic heterocycles. The van der Waals surface area contributed by atoms with E-state index in [1.807, 2.05) is 0 Å². The highest BCUT2D eigenvalue weighted by Gasteiger charge is 2.35. The summed E-state index contributed by atoms with van der Waals surface area (Å²) in [6.07, 6.45) is -4.15. The number of hydrogen-bond donors (Lipinski definition) is 2. The first kappa shape index (κ1) is 16.5. The molecule has 1 unspecified atom stereocenters. The van der Waals surface area contributed by atoms with Crippen molar-refractivity contribution in [2.75, 3.05) is 20.3 Å². The predicted molar refractivity (Wildman–Crippen MR) is 68.2 cm³/mol. The van der Waals surface area contributed by atoms with Crippen LogP contribution in [0.25, 0.3) is 0 Å². The third kappa shape index (κ3) is 4.50. The molecule has 0 radical (unpaired) electrons. The van der Waals surface area contributed by atoms with E-state index in [1.54, 1.807) is 0 Å². The first-order valence-electron chi connectivity index (χ1n) is 6.06. The highest BCUT2D eigenvalue weighted by Crippen LogP contribution is 2.31. The Morgan fingerprint density at radius 3 is 2.60 bits per heavy atom. The van der Waals surface area contributed by atoms with Crippen molar-refractivity contribution in [1.82, 2.24) is 5.32 Å². The van der Waals surface area contributed by atoms with Gasteiger partial charge >= 0.3 is 6.18 Å². The number of carbonyl (C=O) groups excluding carboxylic acids is 1. The fraction of sp³-hybridized carbons (Fsp3) is 0.462. The van der Waals surface area contributed by atoms with Gasteiger partial charge in [0.15, 0.2) is 0 Å². The first-order valence-corrected chi connectivity index (χ1v) is 6.06. The van der Waals surface area contributed by atoms with Crippen LogP contribution in [-0.4, -0.2) is 32.2 Å². The average Bonchev–Trinajstić information content (AvgIpc) is 2.38. The molecule has 20 heavy (non-hydrogen) atoms. The number of ether oxygens (including phenoxy) is 1. The summed E-state index contributed by atoms with van der Waals surface area (Å²) >= 11 is 0. The fourth-order valence-corrected chi connectivity index (χ4v) is 1.79. The fourth-order valence-electron chi connectivity index (χ4n) is 1.79. The van der Waals surface area contributed by atoms with E-state index in [1.165, 1.54) is 19.2 Å². The summed E-state index contributed by atoms with van der Waals surface area (Å²) in [5.74, 6) is -0.784. The summed E-state index contributed by atoms with van der Waals surface area (Å²) < 4.78 is 43.4. The molecule has 7 heteroatoms. The van der Waals surface area contributed by atoms with Crippen molar-refractivity contribution in [1.29, 1.82) is 0 Å². The molecule has 3 N–H and O–H groups in total. The highest BCUT2D eigenvalue weighted by atomic mass is 19.4. The maximum absolute atomic E-state index is 12.8. The highest BCUT2D eigenvalue weighted by molar-refractivity contribution is 5.96. The second kappa shape index (κ2) is 7.25. The Morgan fingerprint density at radius 1 is 1.40 bits per heavy atom. The monoisotopic (exact) mass is 290 g/mol. The van der Waals surface area contributed by atoms with Gasteiger partial charge in [0.05, 0.1) is 23.8 Å². The minimum absolute atomic E-state index is 0.192. The molecule has 1 atom stereocenters. The predicted octanol–water partition coefficient (Wildman–Crippen LogP) is 1.80. The third-order valence-corrected chi connectivity index (χ3v) is 2.70. The number of benzene rings is 1. The normalized spacial score (nSPS) is 13.1. The van der Waals surface area contributed by atoms with E-state index in [9.17, 15) is 18.0 Å². The minimum atomic E-state index is -4.57. The average molecular weight is 290 g/mol. The van der Waals surface area contributed by atoms with E-state index >= 15 is 0 Å². The van der Waals surface area contributed by atoms with Crippen LogP contribution < -0.4 is 11.1 Å². The van der Waals surface area contributed by atoms with E-state index in [0.717, 1.165) is 12.1 Å². The summed E-state index contributed by atoms with van der Waals surface area (Å²) in [5.41, 5.74) is 4.02. The summed E-state index contributed by atoms with van der Waals surface area (Å²) in [5, 5.41) is 2.50. The van der Waals surface area contributed by atoms with Gasteiger partial charge in [0.2, 0.25) is 0 Å². The Kier molecular flexibility index (Phi) is 5.97. The van der Waals surface area contributed by atoms with Crippen molar-refractivity contribution in [3.8, 4) is 0 Å². The van der Waals surface area contributed by atoms with Gasteiger partial charge in [-0.15, -0.1) is 0 Å². The molecule has 0 saturated carbocycles. The Hall–Kier alpha value is -1.60. The molecule has 0 heterocycles. The second-order valence-corrected chi connectivity index (χ2v) is 4.25. The molecule has 112 valence electrons. The number of nitrogens with one attached hydrogen (secondary N) is 1. The molecule has 1 aromatic rings. The Bertz CT molecular complexity index is 443. The number of hydrogen-bond acceptors (Lipinski definition) is 3. The minimum Gasteiger partial charge on any atom is -0.383 e. The molecule has 1 amide bonds. The zero-order valence-electron chi connectivity index (χ0n) is 11.0. The van der Waals surface area contributed by atoms with Crippen LogP contribution >= 0.6 is 0 Å². The van der Waals surface area contributed by atoms with E-state index in [0.29, 0.717) is 13.0 Å². The lowest BCUT2D eigenvalue weighted by Crippen LogP contribution is -2.40. The molecular formula is C13H17F3N2O2. The van der Waals surface area contributed by atoms with E-state index in [4.69, 9.17) is 10.5 Å². The molecule has 0 aliphatic carbocycles. The number of nitrogens with two attached hydrogens (primary N) is 1. The van der Waals surface area contributed by atoms with Gasteiger partial charge < -0.3 is 15.8 Å². The van der Waals surface area contributed by atoms with E-state index < -0.39 is 29.3 Å². The summed E-state index contributed by atoms with van der Waals surface area (Å²) in [6, 6.07) is 4.23. The van der Waals surface area contributed by atoms with Crippen LogP contribution in [0.4, 0.5) is 13.2 Å². The maximum atomic E-state index is 12.8. The Morgan fingerprint density at radius 2 is 2.05 bits per heavy atom. The molecule has 0 bridgehead atoms. The quantitative estimate of drug-likeness (QED) is 0.839.